The van der Waals surface area contributed by atoms with Gasteiger partial charge in [-0.2, -0.15) is 0 Å². The van der Waals surface area contributed by atoms with Crippen molar-refractivity contribution in [3.8, 4) is 22.6 Å². The average Bonchev–Trinajstić information content (AvgIpc) is 3.44. The van der Waals surface area contributed by atoms with Gasteiger partial charge in [-0.05, 0) is 42.3 Å². The second kappa shape index (κ2) is 7.44. The fourth-order valence-electron chi connectivity index (χ4n) is 3.47. The van der Waals surface area contributed by atoms with Crippen molar-refractivity contribution in [2.75, 3.05) is 11.9 Å². The Morgan fingerprint density at radius 1 is 0.933 bits per heavy atom. The van der Waals surface area contributed by atoms with Crippen LogP contribution in [0.25, 0.3) is 28.2 Å². The molecule has 7 heteroatoms. The van der Waals surface area contributed by atoms with Crippen molar-refractivity contribution in [2.45, 2.75) is 13.5 Å². The third kappa shape index (κ3) is 3.41. The Balaban J connectivity index is 1.33. The van der Waals surface area contributed by atoms with E-state index in [1.54, 1.807) is 12.4 Å². The molecule has 1 aromatic carbocycles. The van der Waals surface area contributed by atoms with Crippen LogP contribution in [-0.4, -0.2) is 31.6 Å². The van der Waals surface area contributed by atoms with E-state index in [0.29, 0.717) is 18.5 Å². The Kier molecular flexibility index (Phi) is 4.48. The second-order valence-electron chi connectivity index (χ2n) is 7.19. The van der Waals surface area contributed by atoms with Crippen LogP contribution < -0.4 is 4.90 Å². The molecule has 5 rings (SSSR count). The summed E-state index contributed by atoms with van der Waals surface area (Å²) in [5.41, 5.74) is 6.15. The van der Waals surface area contributed by atoms with Crippen molar-refractivity contribution < 1.29 is 4.42 Å². The van der Waals surface area contributed by atoms with Crippen LogP contribution >= 0.6 is 0 Å². The lowest BCUT2D eigenvalue weighted by atomic mass is 10.0. The van der Waals surface area contributed by atoms with Crippen LogP contribution in [0, 0.1) is 6.92 Å². The molecule has 0 fully saturated rings. The third-order valence-corrected chi connectivity index (χ3v) is 5.06. The van der Waals surface area contributed by atoms with Gasteiger partial charge in [-0.1, -0.05) is 29.4 Å². The first-order valence-electron chi connectivity index (χ1n) is 9.66. The van der Waals surface area contributed by atoms with E-state index in [4.69, 9.17) is 4.42 Å². The smallest absolute Gasteiger partial charge is 0.318 e. The van der Waals surface area contributed by atoms with E-state index >= 15 is 0 Å². The molecule has 0 amide bonds. The fourth-order valence-corrected chi connectivity index (χ4v) is 3.47. The largest absolute Gasteiger partial charge is 0.403 e. The lowest BCUT2D eigenvalue weighted by Gasteiger charge is -2.13. The molecule has 0 aliphatic carbocycles. The highest BCUT2D eigenvalue weighted by Gasteiger charge is 2.13. The zero-order valence-electron chi connectivity index (χ0n) is 16.7. The lowest BCUT2D eigenvalue weighted by Crippen LogP contribution is -2.17. The van der Waals surface area contributed by atoms with Gasteiger partial charge in [0.2, 0.25) is 5.89 Å². The Labute approximate surface area is 173 Å². The predicted octanol–water partition coefficient (Wildman–Crippen LogP) is 4.39. The summed E-state index contributed by atoms with van der Waals surface area (Å²) in [6.07, 6.45) is 7.57. The van der Waals surface area contributed by atoms with Gasteiger partial charge in [0, 0.05) is 55.2 Å². The van der Waals surface area contributed by atoms with Gasteiger partial charge < -0.3 is 13.7 Å². The topological polar surface area (TPSA) is 72.4 Å². The molecule has 5 aromatic rings. The Morgan fingerprint density at radius 2 is 1.77 bits per heavy atom. The minimum Gasteiger partial charge on any atom is -0.403 e. The van der Waals surface area contributed by atoms with Crippen LogP contribution in [0.1, 0.15) is 11.3 Å². The van der Waals surface area contributed by atoms with E-state index in [2.05, 4.69) is 38.5 Å². The van der Waals surface area contributed by atoms with Gasteiger partial charge in [-0.3, -0.25) is 4.98 Å². The molecule has 0 aliphatic heterocycles. The number of nitrogens with zero attached hydrogens (tertiary/aromatic N) is 6. The summed E-state index contributed by atoms with van der Waals surface area (Å²) in [7, 11) is 1.93. The van der Waals surface area contributed by atoms with Crippen molar-refractivity contribution in [2.24, 2.45) is 0 Å². The van der Waals surface area contributed by atoms with Crippen LogP contribution in [0.15, 0.2) is 77.7 Å². The van der Waals surface area contributed by atoms with Crippen LogP contribution in [0.2, 0.25) is 0 Å². The van der Waals surface area contributed by atoms with Gasteiger partial charge in [-0.25, -0.2) is 4.98 Å². The number of imidazole rings is 1. The summed E-state index contributed by atoms with van der Waals surface area (Å²) in [5.74, 6) is 0.497. The maximum Gasteiger partial charge on any atom is 0.318 e. The molecule has 0 unspecified atom stereocenters. The number of pyridine rings is 2. The summed E-state index contributed by atoms with van der Waals surface area (Å²) in [6, 6.07) is 16.6. The van der Waals surface area contributed by atoms with E-state index in [-0.39, 0.29) is 0 Å². The summed E-state index contributed by atoms with van der Waals surface area (Å²) in [6.45, 7) is 2.66. The molecule has 7 nitrogen and oxygen atoms in total. The summed E-state index contributed by atoms with van der Waals surface area (Å²) < 4.78 is 7.91. The zero-order valence-corrected chi connectivity index (χ0v) is 16.7. The third-order valence-electron chi connectivity index (χ3n) is 5.06. The second-order valence-corrected chi connectivity index (χ2v) is 7.19. The van der Waals surface area contributed by atoms with Crippen molar-refractivity contribution in [1.29, 1.82) is 0 Å². The number of aromatic nitrogens is 5. The highest BCUT2D eigenvalue weighted by Crippen LogP contribution is 2.27. The Morgan fingerprint density at radius 3 is 2.60 bits per heavy atom. The van der Waals surface area contributed by atoms with Gasteiger partial charge in [0.1, 0.15) is 5.65 Å². The molecule has 0 bridgehead atoms. The van der Waals surface area contributed by atoms with Gasteiger partial charge in [0.15, 0.2) is 0 Å². The lowest BCUT2D eigenvalue weighted by molar-refractivity contribution is 0.554. The predicted molar refractivity (Wildman–Crippen MR) is 115 cm³/mol. The van der Waals surface area contributed by atoms with Crippen LogP contribution in [-0.2, 0) is 6.54 Å². The maximum absolute atomic E-state index is 5.92. The average molecular weight is 396 g/mol. The van der Waals surface area contributed by atoms with Gasteiger partial charge >= 0.3 is 6.01 Å². The SMILES string of the molecule is Cc1ncccc1-c1ccc(-c2nnc(N(C)Cc3ccc4nccn4c3)o2)cc1. The van der Waals surface area contributed by atoms with Crippen LogP contribution in [0.5, 0.6) is 0 Å². The zero-order chi connectivity index (χ0) is 20.5. The van der Waals surface area contributed by atoms with Gasteiger partial charge in [0.05, 0.1) is 0 Å². The Bertz CT molecular complexity index is 1300. The molecule has 30 heavy (non-hydrogen) atoms. The van der Waals surface area contributed by atoms with E-state index in [9.17, 15) is 0 Å². The van der Waals surface area contributed by atoms with Crippen molar-refractivity contribution in [3.63, 3.8) is 0 Å². The first-order valence-corrected chi connectivity index (χ1v) is 9.66. The number of hydrogen-bond donors (Lipinski definition) is 0. The number of rotatable bonds is 5. The summed E-state index contributed by atoms with van der Waals surface area (Å²) in [4.78, 5) is 10.6. The van der Waals surface area contributed by atoms with Crippen LogP contribution in [0.4, 0.5) is 6.01 Å². The number of fused-ring (bicyclic) bond motifs is 1. The van der Waals surface area contributed by atoms with Crippen molar-refractivity contribution >= 4 is 11.7 Å². The summed E-state index contributed by atoms with van der Waals surface area (Å²) in [5, 5.41) is 8.44. The van der Waals surface area contributed by atoms with E-state index in [1.165, 1.54) is 0 Å². The number of anilines is 1. The maximum atomic E-state index is 5.92. The molecule has 4 aromatic heterocycles. The number of hydrogen-bond acceptors (Lipinski definition) is 6. The fraction of sp³-hybridized carbons (Fsp3) is 0.130. The highest BCUT2D eigenvalue weighted by atomic mass is 16.4. The summed E-state index contributed by atoms with van der Waals surface area (Å²) >= 11 is 0. The quantitative estimate of drug-likeness (QED) is 0.439. The monoisotopic (exact) mass is 396 g/mol. The molecule has 0 saturated heterocycles. The first-order chi connectivity index (χ1) is 14.7. The Hall–Kier alpha value is -4.00. The molecule has 0 radical (unpaired) electrons. The number of aryl methyl sites for hydroxylation is 1. The standard InChI is InChI=1S/C23H20N6O/c1-16-20(4-3-11-24-16)18-6-8-19(9-7-18)22-26-27-23(30-22)28(2)14-17-5-10-21-25-12-13-29(21)15-17/h3-13,15H,14H2,1-2H3. The molecule has 0 N–H and O–H groups in total. The normalized spacial score (nSPS) is 11.1. The van der Waals surface area contributed by atoms with E-state index in [1.807, 2.05) is 65.9 Å². The van der Waals surface area contributed by atoms with Crippen LogP contribution in [0.3, 0.4) is 0 Å². The van der Waals surface area contributed by atoms with Gasteiger partial charge in [0.25, 0.3) is 0 Å². The molecule has 0 spiro atoms. The number of benzene rings is 1. The molecule has 0 atom stereocenters. The first kappa shape index (κ1) is 18.1. The van der Waals surface area contributed by atoms with E-state index in [0.717, 1.165) is 33.6 Å². The minimum absolute atomic E-state index is 0.475. The molecule has 0 saturated carbocycles. The molecule has 4 heterocycles. The molecule has 0 aliphatic rings. The molecule has 148 valence electrons. The molecular formula is C23H20N6O. The van der Waals surface area contributed by atoms with E-state index < -0.39 is 0 Å². The minimum atomic E-state index is 0.475. The highest BCUT2D eigenvalue weighted by molar-refractivity contribution is 5.68. The van der Waals surface area contributed by atoms with Crippen molar-refractivity contribution in [1.82, 2.24) is 24.6 Å². The van der Waals surface area contributed by atoms with Crippen molar-refractivity contribution in [3.05, 3.63) is 84.6 Å². The van der Waals surface area contributed by atoms with Gasteiger partial charge in [-0.15, -0.1) is 5.10 Å². The molecular weight excluding hydrogens is 376 g/mol.